The van der Waals surface area contributed by atoms with Crippen LogP contribution in [0.1, 0.15) is 6.99 Å². The zero-order valence-corrected chi connectivity index (χ0v) is 8.05. The Labute approximate surface area is 74.9 Å². The highest BCUT2D eigenvalue weighted by Crippen LogP contribution is 2.00. The lowest BCUT2D eigenvalue weighted by Gasteiger charge is -1.87. The summed E-state index contributed by atoms with van der Waals surface area (Å²) in [6.45, 7) is 0. The van der Waals surface area contributed by atoms with Gasteiger partial charge in [0.2, 0.25) is 0 Å². The molecule has 0 fully saturated rings. The number of alkyl halides is 1. The second-order valence-electron chi connectivity index (χ2n) is 1.49. The zero-order chi connectivity index (χ0) is 5.82. The summed E-state index contributed by atoms with van der Waals surface area (Å²) < 4.78 is 0. The molecule has 3 heteroatoms. The van der Waals surface area contributed by atoms with Crippen LogP contribution in [0.2, 0.25) is 0 Å². The first-order chi connectivity index (χ1) is 3.93. The number of hydrogen-bond donors (Lipinski definition) is 0. The van der Waals surface area contributed by atoms with Crippen LogP contribution in [0.25, 0.3) is 0 Å². The quantitative estimate of drug-likeness (QED) is 0.702. The van der Waals surface area contributed by atoms with E-state index < -0.39 is 0 Å². The molecule has 1 aromatic rings. The minimum atomic E-state index is 0. The van der Waals surface area contributed by atoms with Gasteiger partial charge >= 0.3 is 1.43 Å². The summed E-state index contributed by atoms with van der Waals surface area (Å²) in [7, 11) is 0. The Morgan fingerprint density at radius 1 is 1.67 bits per heavy atom. The molecular weight excluding hydrogens is 246 g/mol. The molecule has 0 amide bonds. The van der Waals surface area contributed by atoms with E-state index in [1.165, 1.54) is 5.56 Å². The number of halogens is 2. The Hall–Kier alpha value is 0.110. The van der Waals surface area contributed by atoms with Crippen molar-refractivity contribution >= 4 is 32.9 Å². The van der Waals surface area contributed by atoms with Gasteiger partial charge in [0.1, 0.15) is 0 Å². The van der Waals surface area contributed by atoms with Crippen LogP contribution in [0.3, 0.4) is 0 Å². The number of rotatable bonds is 1. The fourth-order valence-corrected chi connectivity index (χ4v) is 0.809. The topological polar surface area (TPSA) is 12.9 Å². The van der Waals surface area contributed by atoms with Gasteiger partial charge < -0.3 is 0 Å². The molecule has 0 aliphatic carbocycles. The predicted molar refractivity (Wildman–Crippen MR) is 48.3 cm³/mol. The summed E-state index contributed by atoms with van der Waals surface area (Å²) in [5, 5.41) is 0.890. The molecule has 1 rings (SSSR count). The first-order valence-electron chi connectivity index (χ1n) is 2.38. The maximum Gasteiger partial charge on any atom is 1.00 e. The van der Waals surface area contributed by atoms with Crippen molar-refractivity contribution in [3.63, 3.8) is 0 Å². The largest absolute Gasteiger partial charge is 1.00 e. The van der Waals surface area contributed by atoms with Crippen molar-refractivity contribution in [1.29, 1.82) is 0 Å². The summed E-state index contributed by atoms with van der Waals surface area (Å²) in [6, 6.07) is 3.96. The van der Waals surface area contributed by atoms with E-state index in [2.05, 4.69) is 20.9 Å². The summed E-state index contributed by atoms with van der Waals surface area (Å²) >= 11 is 3.32. The molecule has 0 unspecified atom stereocenters. The molecule has 1 aromatic heterocycles. The van der Waals surface area contributed by atoms with Crippen LogP contribution in [0, 0.1) is 0 Å². The average molecular weight is 254 g/mol. The Bertz CT molecular complexity index is 157. The lowest BCUT2D eigenvalue weighted by Crippen LogP contribution is -1.75. The van der Waals surface area contributed by atoms with E-state index in [4.69, 9.17) is 0 Å². The first-order valence-corrected chi connectivity index (χ1v) is 3.50. The van der Waals surface area contributed by atoms with Crippen LogP contribution >= 0.6 is 32.9 Å². The van der Waals surface area contributed by atoms with Crippen molar-refractivity contribution in [1.82, 2.24) is 4.98 Å². The van der Waals surface area contributed by atoms with E-state index in [0.717, 1.165) is 5.33 Å². The van der Waals surface area contributed by atoms with E-state index in [1.54, 1.807) is 6.20 Å². The number of hydrogen-bond acceptors (Lipinski definition) is 1. The van der Waals surface area contributed by atoms with Crippen LogP contribution < -0.4 is 0 Å². The number of pyridine rings is 1. The van der Waals surface area contributed by atoms with Gasteiger partial charge in [0.15, 0.2) is 0 Å². The normalized spacial score (nSPS) is 8.11. The van der Waals surface area contributed by atoms with Crippen molar-refractivity contribution in [2.45, 2.75) is 5.33 Å². The minimum Gasteiger partial charge on any atom is -0.264 e. The van der Waals surface area contributed by atoms with Crippen LogP contribution in [0.5, 0.6) is 0 Å². The molecular formula is C6H8Br2N+. The van der Waals surface area contributed by atoms with Gasteiger partial charge in [0.25, 0.3) is 0 Å². The van der Waals surface area contributed by atoms with Crippen molar-refractivity contribution in [2.75, 3.05) is 0 Å². The fraction of sp³-hybridized carbons (Fsp3) is 0.167. The molecule has 1 heterocycles. The molecule has 0 aliphatic rings. The molecule has 9 heavy (non-hydrogen) atoms. The fourth-order valence-electron chi connectivity index (χ4n) is 0.477. The molecule has 0 N–H and O–H groups in total. The average Bonchev–Trinajstić information content (AvgIpc) is 1.90. The highest BCUT2D eigenvalue weighted by Gasteiger charge is 1.82. The Morgan fingerprint density at radius 2 is 2.44 bits per heavy atom. The van der Waals surface area contributed by atoms with Gasteiger partial charge in [-0.3, -0.25) is 4.98 Å². The minimum absolute atomic E-state index is 0. The molecule has 0 saturated carbocycles. The van der Waals surface area contributed by atoms with Crippen LogP contribution in [-0.2, 0) is 5.33 Å². The standard InChI is InChI=1S/C6H6BrN.BrH/c7-4-6-2-1-3-8-5-6;/h1-3,5H,4H2;1H/p+1. The Kier molecular flexibility index (Phi) is 5.00. The second kappa shape index (κ2) is 4.94. The zero-order valence-electron chi connectivity index (χ0n) is 5.75. The first kappa shape index (κ1) is 9.11. The van der Waals surface area contributed by atoms with Crippen molar-refractivity contribution in [3.8, 4) is 0 Å². The molecule has 0 radical (unpaired) electrons. The third-order valence-electron chi connectivity index (χ3n) is 0.877. The van der Waals surface area contributed by atoms with Crippen LogP contribution in [0.15, 0.2) is 24.5 Å². The molecule has 50 valence electrons. The van der Waals surface area contributed by atoms with Crippen molar-refractivity contribution < 1.29 is 1.43 Å². The van der Waals surface area contributed by atoms with Crippen molar-refractivity contribution in [2.24, 2.45) is 0 Å². The highest BCUT2D eigenvalue weighted by atomic mass is 79.9. The van der Waals surface area contributed by atoms with E-state index in [0.29, 0.717) is 0 Å². The van der Waals surface area contributed by atoms with E-state index in [-0.39, 0.29) is 18.4 Å². The smallest absolute Gasteiger partial charge is 0.264 e. The van der Waals surface area contributed by atoms with Gasteiger partial charge in [-0.15, -0.1) is 17.0 Å². The number of aromatic nitrogens is 1. The van der Waals surface area contributed by atoms with Gasteiger partial charge in [-0.25, -0.2) is 0 Å². The highest BCUT2D eigenvalue weighted by molar-refractivity contribution is 9.08. The third-order valence-corrected chi connectivity index (χ3v) is 1.52. The monoisotopic (exact) mass is 252 g/mol. The second-order valence-corrected chi connectivity index (χ2v) is 2.06. The van der Waals surface area contributed by atoms with Gasteiger partial charge in [0, 0.05) is 17.7 Å². The molecule has 0 atom stereocenters. The van der Waals surface area contributed by atoms with Gasteiger partial charge in [0.05, 0.1) is 0 Å². The van der Waals surface area contributed by atoms with Gasteiger partial charge in [-0.2, -0.15) is 0 Å². The van der Waals surface area contributed by atoms with Gasteiger partial charge in [-0.05, 0) is 11.6 Å². The number of nitrogens with zero attached hydrogens (tertiary/aromatic N) is 1. The summed E-state index contributed by atoms with van der Waals surface area (Å²) in [5.41, 5.74) is 1.22. The lowest BCUT2D eigenvalue weighted by atomic mass is 10.3. The molecule has 0 spiro atoms. The molecule has 0 aliphatic heterocycles. The van der Waals surface area contributed by atoms with Crippen LogP contribution in [-0.4, -0.2) is 4.98 Å². The molecule has 1 nitrogen and oxygen atoms in total. The molecule has 0 aromatic carbocycles. The van der Waals surface area contributed by atoms with Crippen LogP contribution in [0.4, 0.5) is 0 Å². The maximum absolute atomic E-state index is 3.93. The third kappa shape index (κ3) is 2.96. The van der Waals surface area contributed by atoms with E-state index in [1.807, 2.05) is 18.3 Å². The van der Waals surface area contributed by atoms with E-state index in [9.17, 15) is 0 Å². The van der Waals surface area contributed by atoms with E-state index >= 15 is 0 Å². The van der Waals surface area contributed by atoms with Gasteiger partial charge in [-0.1, -0.05) is 22.0 Å². The molecule has 0 saturated heterocycles. The summed E-state index contributed by atoms with van der Waals surface area (Å²) in [5.74, 6) is 0. The van der Waals surface area contributed by atoms with Crippen molar-refractivity contribution in [3.05, 3.63) is 30.1 Å². The Balaban J connectivity index is 0. The molecule has 0 bridgehead atoms. The summed E-state index contributed by atoms with van der Waals surface area (Å²) in [4.78, 5) is 3.93. The maximum atomic E-state index is 3.93. The summed E-state index contributed by atoms with van der Waals surface area (Å²) in [6.07, 6.45) is 3.61. The SMILES string of the molecule is Br.BrCc1cccnc1.[H+]. The Morgan fingerprint density at radius 3 is 2.78 bits per heavy atom. The lowest BCUT2D eigenvalue weighted by molar-refractivity contribution is 1.26. The predicted octanol–water partition coefficient (Wildman–Crippen LogP) is 2.67.